The van der Waals surface area contributed by atoms with Crippen LogP contribution in [0.1, 0.15) is 36.2 Å². The van der Waals surface area contributed by atoms with Gasteiger partial charge < -0.3 is 19.9 Å². The van der Waals surface area contributed by atoms with Crippen LogP contribution in [-0.4, -0.2) is 85.6 Å². The first-order valence-electron chi connectivity index (χ1n) is 13.7. The molecule has 11 heteroatoms. The molecule has 2 N–H and O–H groups in total. The summed E-state index contributed by atoms with van der Waals surface area (Å²) in [5.41, 5.74) is 1.76. The second-order valence-corrected chi connectivity index (χ2v) is 10.8. The van der Waals surface area contributed by atoms with Crippen LogP contribution in [0.5, 0.6) is 5.88 Å². The zero-order chi connectivity index (χ0) is 26.9. The number of aromatic nitrogens is 1. The summed E-state index contributed by atoms with van der Waals surface area (Å²) < 4.78 is 20.2. The lowest BCUT2D eigenvalue weighted by Crippen LogP contribution is -2.58. The Morgan fingerprint density at radius 3 is 2.67 bits per heavy atom. The molecule has 4 aliphatic rings. The fourth-order valence-corrected chi connectivity index (χ4v) is 6.10. The van der Waals surface area contributed by atoms with Gasteiger partial charge in [-0.05, 0) is 49.4 Å². The van der Waals surface area contributed by atoms with Crippen molar-refractivity contribution < 1.29 is 23.5 Å². The normalized spacial score (nSPS) is 23.9. The van der Waals surface area contributed by atoms with E-state index >= 15 is 0 Å². The first kappa shape index (κ1) is 25.5. The number of piperazine rings is 1. The number of carbonyl (C=O) groups excluding carboxylic acids is 3. The Morgan fingerprint density at radius 2 is 1.87 bits per heavy atom. The lowest BCUT2D eigenvalue weighted by atomic mass is 9.95. The molecule has 3 amide bonds. The summed E-state index contributed by atoms with van der Waals surface area (Å²) in [5.74, 6) is -0.430. The van der Waals surface area contributed by atoms with Gasteiger partial charge in [-0.3, -0.25) is 24.6 Å². The largest absolute Gasteiger partial charge is 0.474 e. The van der Waals surface area contributed by atoms with Crippen molar-refractivity contribution >= 4 is 29.1 Å². The van der Waals surface area contributed by atoms with Crippen molar-refractivity contribution in [1.82, 2.24) is 20.5 Å². The summed E-state index contributed by atoms with van der Waals surface area (Å²) in [6, 6.07) is 9.97. The van der Waals surface area contributed by atoms with Gasteiger partial charge in [-0.1, -0.05) is 12.1 Å². The van der Waals surface area contributed by atoms with Gasteiger partial charge in [-0.15, -0.1) is 0 Å². The van der Waals surface area contributed by atoms with Gasteiger partial charge in [0.15, 0.2) is 0 Å². The fraction of sp³-hybridized carbons (Fsp3) is 0.500. The molecule has 1 aromatic heterocycles. The zero-order valence-electron chi connectivity index (χ0n) is 21.8. The van der Waals surface area contributed by atoms with E-state index in [1.54, 1.807) is 12.1 Å². The lowest BCUT2D eigenvalue weighted by Gasteiger charge is -2.46. The molecule has 2 unspecified atom stereocenters. The van der Waals surface area contributed by atoms with E-state index in [2.05, 4.69) is 30.3 Å². The smallest absolute Gasteiger partial charge is 0.270 e. The van der Waals surface area contributed by atoms with E-state index in [0.717, 1.165) is 57.8 Å². The number of benzene rings is 1. The number of nitrogens with zero attached hydrogens (tertiary/aromatic N) is 4. The van der Waals surface area contributed by atoms with Crippen molar-refractivity contribution in [2.45, 2.75) is 37.8 Å². The average molecular weight is 537 g/mol. The van der Waals surface area contributed by atoms with Crippen LogP contribution in [-0.2, 0) is 9.59 Å². The standard InChI is InChI=1S/C28H33FN6O4/c29-20-3-1-2-4-23(20)34-11-9-18(10-12-34)15-33-13-14-35-19(16-33)17-39-28-24(35)7-5-22(31-28)26(37)30-21-6-8-25(36)32-27(21)38/h1-5,7,18-19,21H,6,8-17H2,(H,30,37)(H,32,36,38). The highest BCUT2D eigenvalue weighted by Crippen LogP contribution is 2.34. The Bertz CT molecular complexity index is 1270. The van der Waals surface area contributed by atoms with Crippen molar-refractivity contribution in [3.05, 3.63) is 47.9 Å². The topological polar surface area (TPSA) is 107 Å². The Hall–Kier alpha value is -3.73. The van der Waals surface area contributed by atoms with E-state index in [9.17, 15) is 18.8 Å². The van der Waals surface area contributed by atoms with Crippen LogP contribution in [0.3, 0.4) is 0 Å². The summed E-state index contributed by atoms with van der Waals surface area (Å²) >= 11 is 0. The molecule has 5 heterocycles. The third-order valence-electron chi connectivity index (χ3n) is 8.23. The summed E-state index contributed by atoms with van der Waals surface area (Å²) in [4.78, 5) is 47.5. The van der Waals surface area contributed by atoms with Crippen molar-refractivity contribution in [3.8, 4) is 5.88 Å². The molecule has 39 heavy (non-hydrogen) atoms. The van der Waals surface area contributed by atoms with Crippen LogP contribution >= 0.6 is 0 Å². The monoisotopic (exact) mass is 536 g/mol. The molecule has 10 nitrogen and oxygen atoms in total. The highest BCUT2D eigenvalue weighted by Gasteiger charge is 2.35. The van der Waals surface area contributed by atoms with E-state index < -0.39 is 17.9 Å². The van der Waals surface area contributed by atoms with Gasteiger partial charge in [0.25, 0.3) is 5.91 Å². The Kier molecular flexibility index (Phi) is 7.07. The Morgan fingerprint density at radius 1 is 1.05 bits per heavy atom. The molecule has 0 spiro atoms. The van der Waals surface area contributed by atoms with Gasteiger partial charge in [0.05, 0.1) is 11.7 Å². The number of rotatable bonds is 5. The molecular weight excluding hydrogens is 503 g/mol. The van der Waals surface area contributed by atoms with E-state index in [4.69, 9.17) is 4.74 Å². The molecule has 6 rings (SSSR count). The van der Waals surface area contributed by atoms with Gasteiger partial charge in [0, 0.05) is 45.7 Å². The first-order valence-corrected chi connectivity index (χ1v) is 13.7. The third-order valence-corrected chi connectivity index (χ3v) is 8.23. The quantitative estimate of drug-likeness (QED) is 0.555. The third kappa shape index (κ3) is 5.40. The maximum Gasteiger partial charge on any atom is 0.270 e. The molecule has 0 bridgehead atoms. The molecule has 2 aromatic rings. The molecule has 0 saturated carbocycles. The number of pyridine rings is 1. The number of hydrogen-bond donors (Lipinski definition) is 2. The van der Waals surface area contributed by atoms with Crippen LogP contribution in [0, 0.1) is 11.7 Å². The predicted octanol–water partition coefficient (Wildman–Crippen LogP) is 1.56. The molecule has 3 saturated heterocycles. The Balaban J connectivity index is 1.02. The molecule has 2 atom stereocenters. The van der Waals surface area contributed by atoms with Gasteiger partial charge in [0.1, 0.15) is 29.8 Å². The number of carbonyl (C=O) groups is 3. The minimum atomic E-state index is -0.752. The summed E-state index contributed by atoms with van der Waals surface area (Å²) in [7, 11) is 0. The van der Waals surface area contributed by atoms with Crippen LogP contribution in [0.15, 0.2) is 36.4 Å². The molecule has 1 aromatic carbocycles. The zero-order valence-corrected chi connectivity index (χ0v) is 21.8. The molecule has 0 aliphatic carbocycles. The lowest BCUT2D eigenvalue weighted by molar-refractivity contribution is -0.134. The van der Waals surface area contributed by atoms with Crippen LogP contribution in [0.2, 0.25) is 0 Å². The number of para-hydroxylation sites is 1. The highest BCUT2D eigenvalue weighted by molar-refractivity contribution is 6.03. The number of imide groups is 1. The molecule has 4 aliphatic heterocycles. The van der Waals surface area contributed by atoms with Crippen LogP contribution in [0.25, 0.3) is 0 Å². The maximum absolute atomic E-state index is 14.2. The second-order valence-electron chi connectivity index (χ2n) is 10.8. The summed E-state index contributed by atoms with van der Waals surface area (Å²) in [5, 5.41) is 4.91. The number of piperidine rings is 2. The van der Waals surface area contributed by atoms with E-state index in [1.165, 1.54) is 6.07 Å². The SMILES string of the molecule is O=C1CCC(NC(=O)c2ccc3c(n2)OCC2CN(CC4CCN(c5ccccc5F)CC4)CCN32)C(=O)N1. The number of hydrogen-bond acceptors (Lipinski definition) is 8. The number of ether oxygens (including phenoxy) is 1. The molecule has 0 radical (unpaired) electrons. The van der Waals surface area contributed by atoms with Gasteiger partial charge >= 0.3 is 0 Å². The maximum atomic E-state index is 14.2. The van der Waals surface area contributed by atoms with E-state index in [-0.39, 0.29) is 36.3 Å². The number of anilines is 2. The fourth-order valence-electron chi connectivity index (χ4n) is 6.10. The van der Waals surface area contributed by atoms with Crippen molar-refractivity contribution in [3.63, 3.8) is 0 Å². The van der Waals surface area contributed by atoms with Gasteiger partial charge in [-0.25, -0.2) is 9.37 Å². The first-order chi connectivity index (χ1) is 18.9. The highest BCUT2D eigenvalue weighted by atomic mass is 19.1. The number of fused-ring (bicyclic) bond motifs is 3. The summed E-state index contributed by atoms with van der Waals surface area (Å²) in [6.07, 6.45) is 2.56. The number of amides is 3. The van der Waals surface area contributed by atoms with Crippen LogP contribution < -0.4 is 25.2 Å². The molecule has 3 fully saturated rings. The summed E-state index contributed by atoms with van der Waals surface area (Å²) in [6.45, 7) is 5.93. The second kappa shape index (κ2) is 10.8. The van der Waals surface area contributed by atoms with Gasteiger partial charge in [0.2, 0.25) is 17.7 Å². The van der Waals surface area contributed by atoms with Gasteiger partial charge in [-0.2, -0.15) is 0 Å². The van der Waals surface area contributed by atoms with Crippen LogP contribution in [0.4, 0.5) is 15.8 Å². The number of nitrogens with one attached hydrogen (secondary N) is 2. The van der Waals surface area contributed by atoms with Crippen molar-refractivity contribution in [2.24, 2.45) is 5.92 Å². The minimum absolute atomic E-state index is 0.152. The van der Waals surface area contributed by atoms with Crippen molar-refractivity contribution in [1.29, 1.82) is 0 Å². The molecule has 206 valence electrons. The molecular formula is C28H33FN6O4. The Labute approximate surface area is 226 Å². The van der Waals surface area contributed by atoms with E-state index in [1.807, 2.05) is 18.2 Å². The predicted molar refractivity (Wildman–Crippen MR) is 142 cm³/mol. The number of halogens is 1. The van der Waals surface area contributed by atoms with E-state index in [0.29, 0.717) is 24.1 Å². The van der Waals surface area contributed by atoms with Crippen molar-refractivity contribution in [2.75, 3.05) is 55.7 Å². The average Bonchev–Trinajstić information content (AvgIpc) is 2.95. The minimum Gasteiger partial charge on any atom is -0.474 e.